The first-order valence-corrected chi connectivity index (χ1v) is 6.97. The number of aliphatic hydroxyl groups excluding tert-OH is 1. The van der Waals surface area contributed by atoms with Crippen LogP contribution in [0.5, 0.6) is 0 Å². The van der Waals surface area contributed by atoms with Crippen LogP contribution in [0.3, 0.4) is 0 Å². The number of carbonyl (C=O) groups is 1. The third-order valence-corrected chi connectivity index (χ3v) is 5.88. The molecule has 19 heavy (non-hydrogen) atoms. The Morgan fingerprint density at radius 3 is 2.58 bits per heavy atom. The minimum absolute atomic E-state index is 0.0609. The molecule has 0 heterocycles. The summed E-state index contributed by atoms with van der Waals surface area (Å²) in [7, 11) is 0. The van der Waals surface area contributed by atoms with Crippen LogP contribution in [0.1, 0.15) is 40.0 Å². The smallest absolute Gasteiger partial charge is 0.331 e. The number of aliphatic carboxylic acids is 1. The zero-order valence-electron chi connectivity index (χ0n) is 11.7. The van der Waals surface area contributed by atoms with Crippen molar-refractivity contribution in [3.8, 4) is 0 Å². The first-order chi connectivity index (χ1) is 8.62. The molecule has 3 rings (SSSR count). The molecule has 4 heteroatoms. The average molecular weight is 266 g/mol. The predicted octanol–water partition coefficient (Wildman–Crippen LogP) is 1.57. The SMILES string of the molecule is CC1(C)C[C@H]2C=C(C(=O)O)[C@@H]3CC(O)[C@](C)(O)[C@]23C1. The zero-order valence-corrected chi connectivity index (χ0v) is 11.7. The molecule has 0 aromatic rings. The molecule has 0 bridgehead atoms. The fourth-order valence-corrected chi connectivity index (χ4v) is 5.20. The number of carboxylic acids is 1. The first-order valence-electron chi connectivity index (χ1n) is 6.97. The van der Waals surface area contributed by atoms with Crippen molar-refractivity contribution < 1.29 is 20.1 Å². The third kappa shape index (κ3) is 1.39. The minimum Gasteiger partial charge on any atom is -0.478 e. The molecule has 0 amide bonds. The van der Waals surface area contributed by atoms with Gasteiger partial charge in [0.25, 0.3) is 0 Å². The van der Waals surface area contributed by atoms with Crippen LogP contribution in [0, 0.1) is 22.7 Å². The lowest BCUT2D eigenvalue weighted by molar-refractivity contribution is -0.135. The third-order valence-electron chi connectivity index (χ3n) is 5.88. The summed E-state index contributed by atoms with van der Waals surface area (Å²) in [5.74, 6) is -1.06. The van der Waals surface area contributed by atoms with Crippen LogP contribution in [0.4, 0.5) is 0 Å². The topological polar surface area (TPSA) is 77.8 Å². The Morgan fingerprint density at radius 1 is 1.37 bits per heavy atom. The zero-order chi connectivity index (χ0) is 14.2. The quantitative estimate of drug-likeness (QED) is 0.673. The number of carboxylic acid groups (broad SMARTS) is 1. The molecule has 3 aliphatic rings. The van der Waals surface area contributed by atoms with Gasteiger partial charge in [-0.3, -0.25) is 0 Å². The summed E-state index contributed by atoms with van der Waals surface area (Å²) < 4.78 is 0. The van der Waals surface area contributed by atoms with Crippen molar-refractivity contribution in [2.24, 2.45) is 22.7 Å². The number of allylic oxidation sites excluding steroid dienone is 1. The van der Waals surface area contributed by atoms with Crippen molar-refractivity contribution in [2.45, 2.75) is 51.7 Å². The van der Waals surface area contributed by atoms with E-state index in [1.54, 1.807) is 6.92 Å². The highest BCUT2D eigenvalue weighted by Crippen LogP contribution is 2.71. The molecule has 1 spiro atoms. The lowest BCUT2D eigenvalue weighted by Gasteiger charge is -2.43. The van der Waals surface area contributed by atoms with Crippen molar-refractivity contribution in [2.75, 3.05) is 0 Å². The second-order valence-electron chi connectivity index (χ2n) is 7.57. The molecule has 0 aromatic heterocycles. The summed E-state index contributed by atoms with van der Waals surface area (Å²) in [5.41, 5.74) is -1.22. The minimum atomic E-state index is -1.20. The van der Waals surface area contributed by atoms with Crippen molar-refractivity contribution in [3.05, 3.63) is 11.6 Å². The van der Waals surface area contributed by atoms with Gasteiger partial charge in [-0.1, -0.05) is 19.9 Å². The van der Waals surface area contributed by atoms with Crippen LogP contribution >= 0.6 is 0 Å². The average Bonchev–Trinajstić information content (AvgIpc) is 2.74. The first kappa shape index (κ1) is 13.1. The highest BCUT2D eigenvalue weighted by molar-refractivity contribution is 5.88. The van der Waals surface area contributed by atoms with Crippen molar-refractivity contribution in [3.63, 3.8) is 0 Å². The van der Waals surface area contributed by atoms with Gasteiger partial charge in [-0.05, 0) is 37.5 Å². The number of aliphatic hydroxyl groups is 2. The number of hydrogen-bond acceptors (Lipinski definition) is 3. The van der Waals surface area contributed by atoms with Gasteiger partial charge in [0.05, 0.1) is 11.7 Å². The summed E-state index contributed by atoms with van der Waals surface area (Å²) in [5, 5.41) is 30.4. The standard InChI is InChI=1S/C15H22O4/c1-13(2)6-8-4-9(12(17)18)10-5-11(16)14(3,19)15(8,10)7-13/h4,8,10-11,16,19H,5-7H2,1-3H3,(H,17,18)/t8-,10+,11?,14+,15-/m1/s1. The Morgan fingerprint density at radius 2 is 2.00 bits per heavy atom. The molecule has 5 atom stereocenters. The van der Waals surface area contributed by atoms with Gasteiger partial charge in [0, 0.05) is 16.9 Å². The number of hydrogen-bond donors (Lipinski definition) is 3. The second-order valence-corrected chi connectivity index (χ2v) is 7.57. The van der Waals surface area contributed by atoms with E-state index < -0.39 is 23.1 Å². The monoisotopic (exact) mass is 266 g/mol. The Bertz CT molecular complexity index is 477. The Labute approximate surface area is 113 Å². The molecule has 0 radical (unpaired) electrons. The molecular formula is C15H22O4. The molecule has 2 saturated carbocycles. The van der Waals surface area contributed by atoms with Gasteiger partial charge in [-0.25, -0.2) is 4.79 Å². The van der Waals surface area contributed by atoms with Gasteiger partial charge in [0.1, 0.15) is 0 Å². The summed E-state index contributed by atoms with van der Waals surface area (Å²) in [6.07, 6.45) is 3.02. The van der Waals surface area contributed by atoms with Gasteiger partial charge in [-0.15, -0.1) is 0 Å². The van der Waals surface area contributed by atoms with Crippen LogP contribution < -0.4 is 0 Å². The lowest BCUT2D eigenvalue weighted by Crippen LogP contribution is -2.50. The largest absolute Gasteiger partial charge is 0.478 e. The van der Waals surface area contributed by atoms with Gasteiger partial charge in [0.2, 0.25) is 0 Å². The predicted molar refractivity (Wildman–Crippen MR) is 69.4 cm³/mol. The van der Waals surface area contributed by atoms with E-state index in [2.05, 4.69) is 13.8 Å². The summed E-state index contributed by atoms with van der Waals surface area (Å²) in [4.78, 5) is 11.4. The molecule has 3 N–H and O–H groups in total. The molecule has 4 nitrogen and oxygen atoms in total. The van der Waals surface area contributed by atoms with Crippen LogP contribution in [0.2, 0.25) is 0 Å². The van der Waals surface area contributed by atoms with Crippen molar-refractivity contribution in [1.29, 1.82) is 0 Å². The van der Waals surface area contributed by atoms with E-state index in [4.69, 9.17) is 0 Å². The van der Waals surface area contributed by atoms with Crippen LogP contribution in [-0.4, -0.2) is 33.0 Å². The van der Waals surface area contributed by atoms with Crippen molar-refractivity contribution >= 4 is 5.97 Å². The van der Waals surface area contributed by atoms with E-state index >= 15 is 0 Å². The normalized spacial score (nSPS) is 50.8. The second kappa shape index (κ2) is 3.41. The molecular weight excluding hydrogens is 244 g/mol. The molecule has 0 aromatic carbocycles. The maximum atomic E-state index is 11.4. The Hall–Kier alpha value is -0.870. The van der Waals surface area contributed by atoms with Gasteiger partial charge >= 0.3 is 5.97 Å². The molecule has 0 aliphatic heterocycles. The fraction of sp³-hybridized carbons (Fsp3) is 0.800. The van der Waals surface area contributed by atoms with Gasteiger partial charge in [0.15, 0.2) is 0 Å². The lowest BCUT2D eigenvalue weighted by atomic mass is 9.65. The number of rotatable bonds is 1. The molecule has 3 aliphatic carbocycles. The molecule has 106 valence electrons. The van der Waals surface area contributed by atoms with Crippen LogP contribution in [0.15, 0.2) is 11.6 Å². The Kier molecular flexibility index (Phi) is 2.36. The molecule has 2 fully saturated rings. The van der Waals surface area contributed by atoms with Crippen LogP contribution in [0.25, 0.3) is 0 Å². The molecule has 0 saturated heterocycles. The van der Waals surface area contributed by atoms with Gasteiger partial charge in [-0.2, -0.15) is 0 Å². The summed E-state index contributed by atoms with van der Waals surface area (Å²) >= 11 is 0. The van der Waals surface area contributed by atoms with Crippen LogP contribution in [-0.2, 0) is 4.79 Å². The van der Waals surface area contributed by atoms with E-state index in [9.17, 15) is 20.1 Å². The van der Waals surface area contributed by atoms with E-state index in [0.717, 1.165) is 12.8 Å². The highest BCUT2D eigenvalue weighted by atomic mass is 16.4. The van der Waals surface area contributed by atoms with E-state index in [-0.39, 0.29) is 17.3 Å². The van der Waals surface area contributed by atoms with E-state index in [1.807, 2.05) is 6.08 Å². The summed E-state index contributed by atoms with van der Waals surface area (Å²) in [6.45, 7) is 6.00. The summed E-state index contributed by atoms with van der Waals surface area (Å²) in [6, 6.07) is 0. The maximum Gasteiger partial charge on any atom is 0.331 e. The van der Waals surface area contributed by atoms with Crippen molar-refractivity contribution in [1.82, 2.24) is 0 Å². The van der Waals surface area contributed by atoms with Gasteiger partial charge < -0.3 is 15.3 Å². The fourth-order valence-electron chi connectivity index (χ4n) is 5.20. The molecule has 1 unspecified atom stereocenters. The van der Waals surface area contributed by atoms with E-state index in [1.165, 1.54) is 0 Å². The Balaban J connectivity index is 2.14. The maximum absolute atomic E-state index is 11.4. The highest BCUT2D eigenvalue weighted by Gasteiger charge is 2.72. The van der Waals surface area contributed by atoms with E-state index in [0.29, 0.717) is 12.0 Å².